The second-order valence-corrected chi connectivity index (χ2v) is 9.74. The van der Waals surface area contributed by atoms with Gasteiger partial charge in [0.1, 0.15) is 5.82 Å². The molecule has 1 aliphatic rings. The monoisotopic (exact) mass is 476 g/mol. The van der Waals surface area contributed by atoms with Gasteiger partial charge in [0.05, 0.1) is 30.7 Å². The van der Waals surface area contributed by atoms with Gasteiger partial charge in [-0.2, -0.15) is 4.31 Å². The predicted octanol–water partition coefficient (Wildman–Crippen LogP) is 3.05. The molecule has 0 saturated carbocycles. The largest absolute Gasteiger partial charge is 0.493 e. The van der Waals surface area contributed by atoms with Gasteiger partial charge in [-0.15, -0.1) is 0 Å². The van der Waals surface area contributed by atoms with Crippen LogP contribution in [0.5, 0.6) is 11.5 Å². The van der Waals surface area contributed by atoms with E-state index in [1.807, 2.05) is 0 Å². The van der Waals surface area contributed by atoms with E-state index in [1.165, 1.54) is 30.7 Å². The summed E-state index contributed by atoms with van der Waals surface area (Å²) in [6.45, 7) is 0.482. The van der Waals surface area contributed by atoms with Crippen LogP contribution in [-0.4, -0.2) is 51.2 Å². The number of aromatic amines is 1. The van der Waals surface area contributed by atoms with Crippen molar-refractivity contribution in [3.05, 3.63) is 64.2 Å². The molecule has 0 spiro atoms. The number of nitrogens with zero attached hydrogens (tertiary/aromatic N) is 1. The number of fused-ring (bicyclic) bond motifs is 1. The van der Waals surface area contributed by atoms with Crippen LogP contribution in [-0.2, 0) is 21.3 Å². The summed E-state index contributed by atoms with van der Waals surface area (Å²) in [6, 6.07) is 9.63. The van der Waals surface area contributed by atoms with E-state index in [0.29, 0.717) is 29.0 Å². The van der Waals surface area contributed by atoms with Gasteiger partial charge in [0.15, 0.2) is 11.5 Å². The number of benzene rings is 2. The van der Waals surface area contributed by atoms with Gasteiger partial charge < -0.3 is 19.2 Å². The van der Waals surface area contributed by atoms with Crippen LogP contribution in [0.25, 0.3) is 10.9 Å². The van der Waals surface area contributed by atoms with Crippen molar-refractivity contribution in [2.75, 3.05) is 27.4 Å². The third kappa shape index (κ3) is 4.87. The van der Waals surface area contributed by atoms with Crippen molar-refractivity contribution in [2.24, 2.45) is 0 Å². The topological polar surface area (TPSA) is 97.9 Å². The summed E-state index contributed by atoms with van der Waals surface area (Å²) in [4.78, 5) is 15.6. The van der Waals surface area contributed by atoms with Crippen molar-refractivity contribution < 1.29 is 27.0 Å². The van der Waals surface area contributed by atoms with Gasteiger partial charge in [-0.25, -0.2) is 12.8 Å². The molecule has 10 heteroatoms. The number of pyridine rings is 1. The number of hydrogen-bond acceptors (Lipinski definition) is 6. The zero-order chi connectivity index (χ0) is 23.6. The molecule has 8 nitrogen and oxygen atoms in total. The van der Waals surface area contributed by atoms with Gasteiger partial charge in [-0.05, 0) is 49.2 Å². The first-order valence-electron chi connectivity index (χ1n) is 10.5. The summed E-state index contributed by atoms with van der Waals surface area (Å²) < 4.78 is 57.6. The van der Waals surface area contributed by atoms with Crippen LogP contribution in [0.15, 0.2) is 52.2 Å². The van der Waals surface area contributed by atoms with Crippen molar-refractivity contribution in [3.8, 4) is 11.5 Å². The first-order chi connectivity index (χ1) is 15.8. The molecule has 0 unspecified atom stereocenters. The Bertz CT molecular complexity index is 1300. The summed E-state index contributed by atoms with van der Waals surface area (Å²) in [7, 11) is -1.000. The van der Waals surface area contributed by atoms with E-state index in [0.717, 1.165) is 25.0 Å². The lowest BCUT2D eigenvalue weighted by atomic mass is 10.1. The molecule has 1 saturated heterocycles. The van der Waals surface area contributed by atoms with Crippen LogP contribution in [0.1, 0.15) is 18.4 Å². The molecule has 1 N–H and O–H groups in total. The molecule has 4 rings (SSSR count). The van der Waals surface area contributed by atoms with Crippen molar-refractivity contribution in [3.63, 3.8) is 0 Å². The molecule has 1 aromatic heterocycles. The molecule has 0 radical (unpaired) electrons. The molecule has 1 atom stereocenters. The molecule has 33 heavy (non-hydrogen) atoms. The first kappa shape index (κ1) is 23.2. The van der Waals surface area contributed by atoms with Crippen LogP contribution in [0.4, 0.5) is 4.39 Å². The van der Waals surface area contributed by atoms with Crippen molar-refractivity contribution in [1.29, 1.82) is 0 Å². The quantitative estimate of drug-likeness (QED) is 0.537. The SMILES string of the molecule is COc1cc2cc(CN(C[C@H]3CCCO3)S(=O)(=O)c3ccc(F)cc3)c(=O)[nH]c2cc1OC. The van der Waals surface area contributed by atoms with E-state index in [4.69, 9.17) is 14.2 Å². The molecule has 2 heterocycles. The number of nitrogens with one attached hydrogen (secondary N) is 1. The third-order valence-electron chi connectivity index (χ3n) is 5.65. The van der Waals surface area contributed by atoms with Crippen LogP contribution < -0.4 is 15.0 Å². The maximum Gasteiger partial charge on any atom is 0.252 e. The van der Waals surface area contributed by atoms with Gasteiger partial charge in [0.2, 0.25) is 10.0 Å². The van der Waals surface area contributed by atoms with Gasteiger partial charge in [0.25, 0.3) is 5.56 Å². The van der Waals surface area contributed by atoms with Gasteiger partial charge in [-0.1, -0.05) is 0 Å². The molecule has 3 aromatic rings. The molecular weight excluding hydrogens is 451 g/mol. The summed E-state index contributed by atoms with van der Waals surface area (Å²) in [5, 5.41) is 0.665. The standard InChI is InChI=1S/C23H25FN2O6S/c1-30-21-11-15-10-16(23(27)25-20(15)12-22(21)31-2)13-26(14-18-4-3-9-32-18)33(28,29)19-7-5-17(24)6-8-19/h5-8,10-12,18H,3-4,9,13-14H2,1-2H3,(H,25,27)/t18-/m1/s1. The van der Waals surface area contributed by atoms with Crippen LogP contribution in [0.3, 0.4) is 0 Å². The molecule has 176 valence electrons. The number of aromatic nitrogens is 1. The highest BCUT2D eigenvalue weighted by molar-refractivity contribution is 7.89. The van der Waals surface area contributed by atoms with E-state index in [-0.39, 0.29) is 29.7 Å². The Kier molecular flexibility index (Phi) is 6.68. The molecule has 0 amide bonds. The fourth-order valence-corrected chi connectivity index (χ4v) is 5.35. The van der Waals surface area contributed by atoms with E-state index >= 15 is 0 Å². The fourth-order valence-electron chi connectivity index (χ4n) is 3.90. The minimum absolute atomic E-state index is 0.0504. The van der Waals surface area contributed by atoms with Crippen LogP contribution in [0, 0.1) is 5.82 Å². The number of rotatable bonds is 8. The minimum atomic E-state index is -4.01. The lowest BCUT2D eigenvalue weighted by molar-refractivity contribution is 0.0925. The van der Waals surface area contributed by atoms with E-state index in [1.54, 1.807) is 18.2 Å². The second kappa shape index (κ2) is 9.50. The predicted molar refractivity (Wildman–Crippen MR) is 121 cm³/mol. The zero-order valence-corrected chi connectivity index (χ0v) is 19.2. The van der Waals surface area contributed by atoms with Gasteiger partial charge in [-0.3, -0.25) is 4.79 Å². The van der Waals surface area contributed by atoms with E-state index in [9.17, 15) is 17.6 Å². The number of halogens is 1. The molecule has 2 aromatic carbocycles. The number of hydrogen-bond donors (Lipinski definition) is 1. The average Bonchev–Trinajstić information content (AvgIpc) is 3.31. The first-order valence-corrected chi connectivity index (χ1v) is 11.9. The molecular formula is C23H25FN2O6S. The van der Waals surface area contributed by atoms with Crippen molar-refractivity contribution >= 4 is 20.9 Å². The lowest BCUT2D eigenvalue weighted by Crippen LogP contribution is -2.38. The smallest absolute Gasteiger partial charge is 0.252 e. The zero-order valence-electron chi connectivity index (χ0n) is 18.3. The Morgan fingerprint density at radius 1 is 1.12 bits per heavy atom. The lowest BCUT2D eigenvalue weighted by Gasteiger charge is -2.25. The number of ether oxygens (including phenoxy) is 3. The second-order valence-electron chi connectivity index (χ2n) is 7.80. The highest BCUT2D eigenvalue weighted by Gasteiger charge is 2.30. The Balaban J connectivity index is 1.74. The Morgan fingerprint density at radius 2 is 1.82 bits per heavy atom. The molecule has 0 bridgehead atoms. The minimum Gasteiger partial charge on any atom is -0.493 e. The van der Waals surface area contributed by atoms with Crippen molar-refractivity contribution in [2.45, 2.75) is 30.4 Å². The number of methoxy groups -OCH3 is 2. The summed E-state index contributed by atoms with van der Waals surface area (Å²) in [5.74, 6) is 0.417. The van der Waals surface area contributed by atoms with Gasteiger partial charge >= 0.3 is 0 Å². The van der Waals surface area contributed by atoms with E-state index in [2.05, 4.69) is 4.98 Å². The highest BCUT2D eigenvalue weighted by atomic mass is 32.2. The average molecular weight is 477 g/mol. The highest BCUT2D eigenvalue weighted by Crippen LogP contribution is 2.31. The Hall–Kier alpha value is -2.95. The van der Waals surface area contributed by atoms with Crippen LogP contribution in [0.2, 0.25) is 0 Å². The molecule has 1 aliphatic heterocycles. The molecule has 1 fully saturated rings. The maximum atomic E-state index is 13.4. The Labute approximate surface area is 190 Å². The van der Waals surface area contributed by atoms with Crippen molar-refractivity contribution in [1.82, 2.24) is 9.29 Å². The fraction of sp³-hybridized carbons (Fsp3) is 0.348. The number of H-pyrrole nitrogens is 1. The summed E-state index contributed by atoms with van der Waals surface area (Å²) in [5.41, 5.74) is 0.383. The van der Waals surface area contributed by atoms with Gasteiger partial charge in [0, 0.05) is 36.7 Å². The normalized spacial score (nSPS) is 16.4. The molecule has 0 aliphatic carbocycles. The number of sulfonamides is 1. The maximum absolute atomic E-state index is 13.4. The van der Waals surface area contributed by atoms with Crippen LogP contribution >= 0.6 is 0 Å². The Morgan fingerprint density at radius 3 is 2.45 bits per heavy atom. The van der Waals surface area contributed by atoms with E-state index < -0.39 is 21.4 Å². The third-order valence-corrected chi connectivity index (χ3v) is 7.48. The summed E-state index contributed by atoms with van der Waals surface area (Å²) >= 11 is 0. The summed E-state index contributed by atoms with van der Waals surface area (Å²) in [6.07, 6.45) is 1.29.